The normalized spacial score (nSPS) is 10.9. The van der Waals surface area contributed by atoms with Crippen molar-refractivity contribution in [2.24, 2.45) is 0 Å². The van der Waals surface area contributed by atoms with E-state index in [0.29, 0.717) is 24.5 Å². The van der Waals surface area contributed by atoms with Crippen LogP contribution in [0, 0.1) is 6.92 Å². The highest BCUT2D eigenvalue weighted by Gasteiger charge is 2.23. The lowest BCUT2D eigenvalue weighted by Crippen LogP contribution is -2.15. The molecule has 0 unspecified atom stereocenters. The van der Waals surface area contributed by atoms with Crippen molar-refractivity contribution in [3.8, 4) is 11.4 Å². The number of aryl methyl sites for hydroxylation is 1. The molecule has 0 saturated carbocycles. The smallest absolute Gasteiger partial charge is 0.356 e. The largest absolute Gasteiger partial charge is 0.461 e. The number of hydrogen-bond acceptors (Lipinski definition) is 3. The van der Waals surface area contributed by atoms with Crippen LogP contribution in [0.25, 0.3) is 22.2 Å². The molecule has 0 aliphatic heterocycles. The lowest BCUT2D eigenvalue weighted by atomic mass is 10.0. The topological polar surface area (TPSA) is 44.1 Å². The van der Waals surface area contributed by atoms with Gasteiger partial charge in [0.1, 0.15) is 5.82 Å². The van der Waals surface area contributed by atoms with Gasteiger partial charge in [-0.25, -0.2) is 9.78 Å². The highest BCUT2D eigenvalue weighted by atomic mass is 16.5. The van der Waals surface area contributed by atoms with Crippen LogP contribution < -0.4 is 0 Å². The molecule has 4 heteroatoms. The van der Waals surface area contributed by atoms with E-state index in [1.807, 2.05) is 66.9 Å². The van der Waals surface area contributed by atoms with Crippen molar-refractivity contribution in [3.63, 3.8) is 0 Å². The Balaban J connectivity index is 1.89. The lowest BCUT2D eigenvalue weighted by Gasteiger charge is -2.14. The molecule has 0 saturated heterocycles. The molecular formula is C24H22N2O2. The summed E-state index contributed by atoms with van der Waals surface area (Å²) in [7, 11) is 0. The molecular weight excluding hydrogens is 348 g/mol. The average molecular weight is 370 g/mol. The number of carbonyl (C=O) groups excluding carboxylic acids is 1. The van der Waals surface area contributed by atoms with E-state index in [2.05, 4.69) is 24.3 Å². The second kappa shape index (κ2) is 7.69. The van der Waals surface area contributed by atoms with E-state index in [0.717, 1.165) is 17.0 Å². The van der Waals surface area contributed by atoms with E-state index in [9.17, 15) is 4.79 Å². The van der Waals surface area contributed by atoms with E-state index >= 15 is 0 Å². The predicted octanol–water partition coefficient (Wildman–Crippen LogP) is 5.24. The first kappa shape index (κ1) is 18.0. The molecule has 4 aromatic rings. The first-order valence-corrected chi connectivity index (χ1v) is 9.45. The van der Waals surface area contributed by atoms with Gasteiger partial charge in [0.2, 0.25) is 0 Å². The number of ether oxygens (including phenoxy) is 1. The summed E-state index contributed by atoms with van der Waals surface area (Å²) in [6, 6.07) is 24.5. The van der Waals surface area contributed by atoms with Crippen molar-refractivity contribution in [1.29, 1.82) is 0 Å². The Morgan fingerprint density at radius 2 is 1.68 bits per heavy atom. The van der Waals surface area contributed by atoms with Gasteiger partial charge in [0.05, 0.1) is 18.8 Å². The van der Waals surface area contributed by atoms with Gasteiger partial charge in [0.25, 0.3) is 0 Å². The number of fused-ring (bicyclic) bond motifs is 1. The summed E-state index contributed by atoms with van der Waals surface area (Å²) in [5.74, 6) is 0.434. The number of imidazole rings is 1. The molecule has 0 bridgehead atoms. The van der Waals surface area contributed by atoms with E-state index in [-0.39, 0.29) is 5.97 Å². The Bertz CT molecular complexity index is 1120. The predicted molar refractivity (Wildman–Crippen MR) is 111 cm³/mol. The zero-order chi connectivity index (χ0) is 19.5. The van der Waals surface area contributed by atoms with Crippen LogP contribution >= 0.6 is 0 Å². The molecule has 0 amide bonds. The maximum absolute atomic E-state index is 12.7. The molecule has 0 aliphatic carbocycles. The second-order valence-electron chi connectivity index (χ2n) is 6.68. The van der Waals surface area contributed by atoms with Gasteiger partial charge < -0.3 is 9.30 Å². The molecule has 0 radical (unpaired) electrons. The summed E-state index contributed by atoms with van der Waals surface area (Å²) >= 11 is 0. The van der Waals surface area contributed by atoms with Crippen LogP contribution in [0.2, 0.25) is 0 Å². The molecule has 0 atom stereocenters. The second-order valence-corrected chi connectivity index (χ2v) is 6.68. The Morgan fingerprint density at radius 3 is 2.46 bits per heavy atom. The standard InChI is InChI=1S/C24H22N2O2/c1-3-28-24(27)22-17(2)25-23(19-11-5-4-6-12-19)26(22)16-20-14-9-13-18-10-7-8-15-21(18)20/h4-15H,3,16H2,1-2H3. The summed E-state index contributed by atoms with van der Waals surface area (Å²) < 4.78 is 7.30. The third-order valence-electron chi connectivity index (χ3n) is 4.85. The van der Waals surface area contributed by atoms with Gasteiger partial charge >= 0.3 is 5.97 Å². The van der Waals surface area contributed by atoms with Gasteiger partial charge in [-0.3, -0.25) is 0 Å². The number of aromatic nitrogens is 2. The van der Waals surface area contributed by atoms with Crippen LogP contribution in [-0.2, 0) is 11.3 Å². The minimum Gasteiger partial charge on any atom is -0.461 e. The summed E-state index contributed by atoms with van der Waals surface area (Å²) in [6.07, 6.45) is 0. The minimum atomic E-state index is -0.338. The van der Waals surface area contributed by atoms with E-state index < -0.39 is 0 Å². The Hall–Kier alpha value is -3.40. The molecule has 0 N–H and O–H groups in total. The van der Waals surface area contributed by atoms with Crippen LogP contribution in [0.15, 0.2) is 72.8 Å². The number of benzene rings is 3. The summed E-state index contributed by atoms with van der Waals surface area (Å²) in [4.78, 5) is 17.4. The molecule has 140 valence electrons. The van der Waals surface area contributed by atoms with Gasteiger partial charge in [-0.15, -0.1) is 0 Å². The van der Waals surface area contributed by atoms with Gasteiger partial charge in [-0.1, -0.05) is 72.8 Å². The van der Waals surface area contributed by atoms with Gasteiger partial charge in [-0.2, -0.15) is 0 Å². The monoisotopic (exact) mass is 370 g/mol. The fraction of sp³-hybridized carbons (Fsp3) is 0.167. The first-order valence-electron chi connectivity index (χ1n) is 9.45. The first-order chi connectivity index (χ1) is 13.7. The average Bonchev–Trinajstić information content (AvgIpc) is 3.05. The number of rotatable bonds is 5. The van der Waals surface area contributed by atoms with Gasteiger partial charge in [-0.05, 0) is 30.2 Å². The van der Waals surface area contributed by atoms with Crippen molar-refractivity contribution in [3.05, 3.63) is 89.7 Å². The Kier molecular flexibility index (Phi) is 4.94. The van der Waals surface area contributed by atoms with Crippen LogP contribution in [0.3, 0.4) is 0 Å². The number of carbonyl (C=O) groups is 1. The summed E-state index contributed by atoms with van der Waals surface area (Å²) in [6.45, 7) is 4.55. The fourth-order valence-corrected chi connectivity index (χ4v) is 3.59. The van der Waals surface area contributed by atoms with Crippen molar-refractivity contribution in [2.45, 2.75) is 20.4 Å². The maximum Gasteiger partial charge on any atom is 0.356 e. The van der Waals surface area contributed by atoms with E-state index in [4.69, 9.17) is 9.72 Å². The van der Waals surface area contributed by atoms with Crippen LogP contribution in [0.5, 0.6) is 0 Å². The van der Waals surface area contributed by atoms with Crippen molar-refractivity contribution in [2.75, 3.05) is 6.61 Å². The molecule has 1 heterocycles. The zero-order valence-electron chi connectivity index (χ0n) is 16.1. The third-order valence-corrected chi connectivity index (χ3v) is 4.85. The molecule has 1 aromatic heterocycles. The summed E-state index contributed by atoms with van der Waals surface area (Å²) in [5.41, 5.74) is 3.30. The van der Waals surface area contributed by atoms with Gasteiger partial charge in [0.15, 0.2) is 5.69 Å². The molecule has 0 spiro atoms. The fourth-order valence-electron chi connectivity index (χ4n) is 3.59. The molecule has 3 aromatic carbocycles. The maximum atomic E-state index is 12.7. The third kappa shape index (κ3) is 3.29. The number of nitrogens with zero attached hydrogens (tertiary/aromatic N) is 2. The van der Waals surface area contributed by atoms with Crippen molar-refractivity contribution in [1.82, 2.24) is 9.55 Å². The number of hydrogen-bond donors (Lipinski definition) is 0. The SMILES string of the molecule is CCOC(=O)c1c(C)nc(-c2ccccc2)n1Cc1cccc2ccccc12. The lowest BCUT2D eigenvalue weighted by molar-refractivity contribution is 0.0513. The highest BCUT2D eigenvalue weighted by molar-refractivity contribution is 5.90. The highest BCUT2D eigenvalue weighted by Crippen LogP contribution is 2.27. The molecule has 0 fully saturated rings. The molecule has 28 heavy (non-hydrogen) atoms. The van der Waals surface area contributed by atoms with E-state index in [1.165, 1.54) is 10.8 Å². The van der Waals surface area contributed by atoms with Crippen LogP contribution in [-0.4, -0.2) is 22.1 Å². The Labute approximate surface area is 164 Å². The molecule has 4 rings (SSSR count). The van der Waals surface area contributed by atoms with Crippen molar-refractivity contribution < 1.29 is 9.53 Å². The van der Waals surface area contributed by atoms with Gasteiger partial charge in [0, 0.05) is 5.56 Å². The zero-order valence-corrected chi connectivity index (χ0v) is 16.1. The summed E-state index contributed by atoms with van der Waals surface area (Å²) in [5, 5.41) is 2.35. The number of esters is 1. The van der Waals surface area contributed by atoms with Crippen LogP contribution in [0.4, 0.5) is 0 Å². The molecule has 0 aliphatic rings. The quantitative estimate of drug-likeness (QED) is 0.452. The molecule has 4 nitrogen and oxygen atoms in total. The van der Waals surface area contributed by atoms with Crippen LogP contribution in [0.1, 0.15) is 28.7 Å². The Morgan fingerprint density at radius 1 is 0.964 bits per heavy atom. The minimum absolute atomic E-state index is 0.332. The van der Waals surface area contributed by atoms with Crippen molar-refractivity contribution >= 4 is 16.7 Å². The van der Waals surface area contributed by atoms with E-state index in [1.54, 1.807) is 0 Å².